The summed E-state index contributed by atoms with van der Waals surface area (Å²) >= 11 is 0. The van der Waals surface area contributed by atoms with Crippen molar-refractivity contribution in [3.05, 3.63) is 35.9 Å². The molecule has 0 aliphatic heterocycles. The number of hydrogen-bond acceptors (Lipinski definition) is 2. The minimum Gasteiger partial charge on any atom is -0.480 e. The first-order valence-electron chi connectivity index (χ1n) is 6.87. The van der Waals surface area contributed by atoms with Crippen molar-refractivity contribution in [2.45, 2.75) is 52.1 Å². The molecule has 0 aliphatic rings. The van der Waals surface area contributed by atoms with Gasteiger partial charge < -0.3 is 5.11 Å². The van der Waals surface area contributed by atoms with E-state index in [9.17, 15) is 4.79 Å². The van der Waals surface area contributed by atoms with Crippen molar-refractivity contribution in [1.29, 1.82) is 0 Å². The standard InChI is InChI=1S/C16H25NO2/c1-5-14(11-13-9-7-6-8-10-13)17(12-15(18)19)16(2,3)4/h6-10,14H,5,11-12H2,1-4H3,(H,18,19). The highest BCUT2D eigenvalue weighted by Gasteiger charge is 2.29. The Morgan fingerprint density at radius 3 is 2.26 bits per heavy atom. The number of rotatable bonds is 6. The third kappa shape index (κ3) is 5.03. The molecule has 0 radical (unpaired) electrons. The third-order valence-electron chi connectivity index (χ3n) is 3.39. The van der Waals surface area contributed by atoms with Gasteiger partial charge >= 0.3 is 5.97 Å². The fraction of sp³-hybridized carbons (Fsp3) is 0.562. The van der Waals surface area contributed by atoms with Crippen molar-refractivity contribution >= 4 is 5.97 Å². The summed E-state index contributed by atoms with van der Waals surface area (Å²) in [5.74, 6) is -0.763. The molecule has 0 spiro atoms. The van der Waals surface area contributed by atoms with Crippen LogP contribution in [0.15, 0.2) is 30.3 Å². The van der Waals surface area contributed by atoms with Crippen molar-refractivity contribution in [1.82, 2.24) is 4.90 Å². The van der Waals surface area contributed by atoms with Gasteiger partial charge in [0.25, 0.3) is 0 Å². The first-order chi connectivity index (χ1) is 8.84. The van der Waals surface area contributed by atoms with E-state index in [1.807, 2.05) is 18.2 Å². The summed E-state index contributed by atoms with van der Waals surface area (Å²) in [6, 6.07) is 10.5. The van der Waals surface area contributed by atoms with Gasteiger partial charge in [0.15, 0.2) is 0 Å². The van der Waals surface area contributed by atoms with Gasteiger partial charge in [0.2, 0.25) is 0 Å². The molecule has 0 heterocycles. The molecule has 0 fully saturated rings. The summed E-state index contributed by atoms with van der Waals surface area (Å²) in [5, 5.41) is 9.12. The zero-order chi connectivity index (χ0) is 14.5. The number of carbonyl (C=O) groups is 1. The van der Waals surface area contributed by atoms with E-state index in [2.05, 4.69) is 44.7 Å². The Bertz CT molecular complexity index is 395. The smallest absolute Gasteiger partial charge is 0.317 e. The summed E-state index contributed by atoms with van der Waals surface area (Å²) in [4.78, 5) is 13.2. The lowest BCUT2D eigenvalue weighted by molar-refractivity contribution is -0.140. The maximum atomic E-state index is 11.1. The fourth-order valence-electron chi connectivity index (χ4n) is 2.42. The van der Waals surface area contributed by atoms with Gasteiger partial charge in [-0.1, -0.05) is 37.3 Å². The van der Waals surface area contributed by atoms with Gasteiger partial charge in [-0.25, -0.2) is 0 Å². The monoisotopic (exact) mass is 263 g/mol. The molecule has 1 aromatic rings. The maximum Gasteiger partial charge on any atom is 0.317 e. The average molecular weight is 263 g/mol. The Hall–Kier alpha value is -1.35. The second kappa shape index (κ2) is 6.71. The molecule has 0 aromatic heterocycles. The molecule has 19 heavy (non-hydrogen) atoms. The molecule has 0 saturated heterocycles. The summed E-state index contributed by atoms with van der Waals surface area (Å²) in [6.45, 7) is 8.43. The van der Waals surface area contributed by atoms with Gasteiger partial charge in [0.1, 0.15) is 0 Å². The zero-order valence-electron chi connectivity index (χ0n) is 12.4. The molecule has 3 heteroatoms. The van der Waals surface area contributed by atoms with E-state index in [1.165, 1.54) is 5.56 Å². The summed E-state index contributed by atoms with van der Waals surface area (Å²) in [7, 11) is 0. The largest absolute Gasteiger partial charge is 0.480 e. The lowest BCUT2D eigenvalue weighted by Crippen LogP contribution is -2.51. The van der Waals surface area contributed by atoms with E-state index in [1.54, 1.807) is 0 Å². The third-order valence-corrected chi connectivity index (χ3v) is 3.39. The van der Waals surface area contributed by atoms with E-state index < -0.39 is 5.97 Å². The van der Waals surface area contributed by atoms with Gasteiger partial charge in [-0.05, 0) is 39.2 Å². The molecular formula is C16H25NO2. The van der Waals surface area contributed by atoms with E-state index >= 15 is 0 Å². The molecule has 0 saturated carbocycles. The number of nitrogens with zero attached hydrogens (tertiary/aromatic N) is 1. The minimum atomic E-state index is -0.763. The van der Waals surface area contributed by atoms with Crippen LogP contribution >= 0.6 is 0 Å². The summed E-state index contributed by atoms with van der Waals surface area (Å²) < 4.78 is 0. The van der Waals surface area contributed by atoms with Crippen LogP contribution in [0.5, 0.6) is 0 Å². The van der Waals surface area contributed by atoms with Crippen molar-refractivity contribution in [3.63, 3.8) is 0 Å². The minimum absolute atomic E-state index is 0.0921. The normalized spacial score (nSPS) is 13.5. The number of hydrogen-bond donors (Lipinski definition) is 1. The number of aliphatic carboxylic acids is 1. The average Bonchev–Trinajstić information content (AvgIpc) is 2.33. The van der Waals surface area contributed by atoms with Crippen molar-refractivity contribution in [3.8, 4) is 0 Å². The Morgan fingerprint density at radius 1 is 1.26 bits per heavy atom. The van der Waals surface area contributed by atoms with E-state index in [0.29, 0.717) is 0 Å². The van der Waals surface area contributed by atoms with Gasteiger partial charge in [-0.3, -0.25) is 9.69 Å². The fourth-order valence-corrected chi connectivity index (χ4v) is 2.42. The maximum absolute atomic E-state index is 11.1. The highest BCUT2D eigenvalue weighted by atomic mass is 16.4. The molecule has 0 bridgehead atoms. The molecule has 1 unspecified atom stereocenters. The van der Waals surface area contributed by atoms with Gasteiger partial charge in [0, 0.05) is 11.6 Å². The molecule has 0 amide bonds. The quantitative estimate of drug-likeness (QED) is 0.857. The molecule has 0 aliphatic carbocycles. The van der Waals surface area contributed by atoms with E-state index in [0.717, 1.165) is 12.8 Å². The lowest BCUT2D eigenvalue weighted by Gasteiger charge is -2.40. The molecule has 1 N–H and O–H groups in total. The highest BCUT2D eigenvalue weighted by molar-refractivity contribution is 5.69. The van der Waals surface area contributed by atoms with Crippen molar-refractivity contribution < 1.29 is 9.90 Å². The van der Waals surface area contributed by atoms with Crippen LogP contribution in [0.3, 0.4) is 0 Å². The Balaban J connectivity index is 2.87. The van der Waals surface area contributed by atoms with Gasteiger partial charge in [-0.2, -0.15) is 0 Å². The van der Waals surface area contributed by atoms with Gasteiger partial charge in [0.05, 0.1) is 6.54 Å². The Morgan fingerprint density at radius 2 is 1.84 bits per heavy atom. The van der Waals surface area contributed by atoms with Crippen LogP contribution < -0.4 is 0 Å². The molecule has 3 nitrogen and oxygen atoms in total. The molecule has 1 rings (SSSR count). The van der Waals surface area contributed by atoms with Crippen molar-refractivity contribution in [2.24, 2.45) is 0 Å². The summed E-state index contributed by atoms with van der Waals surface area (Å²) in [6.07, 6.45) is 1.83. The van der Waals surface area contributed by atoms with Crippen LogP contribution in [0.2, 0.25) is 0 Å². The molecule has 106 valence electrons. The first kappa shape index (κ1) is 15.7. The van der Waals surface area contributed by atoms with Crippen LogP contribution in [-0.4, -0.2) is 34.1 Å². The highest BCUT2D eigenvalue weighted by Crippen LogP contribution is 2.21. The molecular weight excluding hydrogens is 238 g/mol. The van der Waals surface area contributed by atoms with Crippen LogP contribution in [0.1, 0.15) is 39.7 Å². The topological polar surface area (TPSA) is 40.5 Å². The zero-order valence-corrected chi connectivity index (χ0v) is 12.4. The second-order valence-corrected chi connectivity index (χ2v) is 5.94. The van der Waals surface area contributed by atoms with Crippen LogP contribution in [0, 0.1) is 0 Å². The predicted molar refractivity (Wildman–Crippen MR) is 78.3 cm³/mol. The van der Waals surface area contributed by atoms with E-state index in [4.69, 9.17) is 5.11 Å². The van der Waals surface area contributed by atoms with Crippen LogP contribution in [-0.2, 0) is 11.2 Å². The lowest BCUT2D eigenvalue weighted by atomic mass is 9.96. The summed E-state index contributed by atoms with van der Waals surface area (Å²) in [5.41, 5.74) is 1.11. The van der Waals surface area contributed by atoms with Crippen molar-refractivity contribution in [2.75, 3.05) is 6.54 Å². The number of benzene rings is 1. The SMILES string of the molecule is CCC(Cc1ccccc1)N(CC(=O)O)C(C)(C)C. The Kier molecular flexibility index (Phi) is 5.55. The Labute approximate surface area is 116 Å². The van der Waals surface area contributed by atoms with Crippen LogP contribution in [0.25, 0.3) is 0 Å². The number of carboxylic acid groups (broad SMARTS) is 1. The second-order valence-electron chi connectivity index (χ2n) is 5.94. The predicted octanol–water partition coefficient (Wildman–Crippen LogP) is 3.19. The van der Waals surface area contributed by atoms with E-state index in [-0.39, 0.29) is 18.1 Å². The first-order valence-corrected chi connectivity index (χ1v) is 6.87. The number of carboxylic acids is 1. The van der Waals surface area contributed by atoms with Gasteiger partial charge in [-0.15, -0.1) is 0 Å². The molecule has 1 atom stereocenters. The van der Waals surface area contributed by atoms with Crippen LogP contribution in [0.4, 0.5) is 0 Å². The molecule has 1 aromatic carbocycles.